The average molecular weight is 369 g/mol. The summed E-state index contributed by atoms with van der Waals surface area (Å²) in [5.74, 6) is -0.539. The molecule has 5 nitrogen and oxygen atoms in total. The molecule has 5 heteroatoms. The number of para-hydroxylation sites is 1. The number of carbonyl (C=O) groups excluding carboxylic acids is 1. The van der Waals surface area contributed by atoms with E-state index in [1.807, 2.05) is 78.4 Å². The van der Waals surface area contributed by atoms with Crippen molar-refractivity contribution < 1.29 is 9.90 Å². The highest BCUT2D eigenvalue weighted by Gasteiger charge is 2.12. The summed E-state index contributed by atoms with van der Waals surface area (Å²) in [6.07, 6.45) is 3.53. The van der Waals surface area contributed by atoms with E-state index in [1.165, 1.54) is 0 Å². The van der Waals surface area contributed by atoms with E-state index in [9.17, 15) is 9.90 Å². The maximum Gasteiger partial charge on any atom is 0.275 e. The van der Waals surface area contributed by atoms with Gasteiger partial charge < -0.3 is 9.67 Å². The molecule has 1 aromatic heterocycles. The van der Waals surface area contributed by atoms with E-state index in [2.05, 4.69) is 10.5 Å². The Hall–Kier alpha value is -3.86. The van der Waals surface area contributed by atoms with Gasteiger partial charge in [-0.3, -0.25) is 4.79 Å². The van der Waals surface area contributed by atoms with E-state index >= 15 is 0 Å². The van der Waals surface area contributed by atoms with Crippen molar-refractivity contribution in [3.8, 4) is 11.4 Å². The Morgan fingerprint density at radius 3 is 2.50 bits per heavy atom. The molecule has 1 amide bonds. The van der Waals surface area contributed by atoms with Crippen molar-refractivity contribution in [1.29, 1.82) is 0 Å². The number of nitrogens with one attached hydrogen (secondary N) is 1. The van der Waals surface area contributed by atoms with E-state index in [0.717, 1.165) is 27.7 Å². The van der Waals surface area contributed by atoms with Gasteiger partial charge in [0.15, 0.2) is 0 Å². The number of rotatable bonds is 4. The third-order valence-electron chi connectivity index (χ3n) is 4.63. The summed E-state index contributed by atoms with van der Waals surface area (Å²) in [4.78, 5) is 12.5. The van der Waals surface area contributed by atoms with Crippen LogP contribution in [0.15, 0.2) is 84.1 Å². The first-order valence-corrected chi connectivity index (χ1v) is 8.92. The third kappa shape index (κ3) is 3.38. The molecule has 4 aromatic rings. The van der Waals surface area contributed by atoms with Gasteiger partial charge in [0, 0.05) is 11.9 Å². The van der Waals surface area contributed by atoms with Crippen LogP contribution in [0.1, 0.15) is 21.6 Å². The molecule has 0 aliphatic rings. The van der Waals surface area contributed by atoms with Crippen molar-refractivity contribution in [1.82, 2.24) is 9.99 Å². The molecule has 4 rings (SSSR count). The fraction of sp³-hybridized carbons (Fsp3) is 0.0435. The number of hydrogen-bond acceptors (Lipinski definition) is 3. The molecule has 0 saturated carbocycles. The van der Waals surface area contributed by atoms with Crippen molar-refractivity contribution in [3.05, 3.63) is 95.8 Å². The lowest BCUT2D eigenvalue weighted by Crippen LogP contribution is -2.18. The van der Waals surface area contributed by atoms with Crippen molar-refractivity contribution in [2.24, 2.45) is 5.10 Å². The van der Waals surface area contributed by atoms with Crippen LogP contribution in [-0.2, 0) is 0 Å². The Labute approximate surface area is 162 Å². The van der Waals surface area contributed by atoms with E-state index in [-0.39, 0.29) is 11.3 Å². The number of phenolic OH excluding ortho intramolecular Hbond substituents is 1. The van der Waals surface area contributed by atoms with Gasteiger partial charge in [0.25, 0.3) is 5.91 Å². The Morgan fingerprint density at radius 2 is 1.71 bits per heavy atom. The smallest absolute Gasteiger partial charge is 0.275 e. The number of nitrogens with zero attached hydrogens (tertiary/aromatic N) is 2. The zero-order valence-electron chi connectivity index (χ0n) is 15.3. The highest BCUT2D eigenvalue weighted by atomic mass is 16.3. The maximum atomic E-state index is 12.5. The minimum Gasteiger partial charge on any atom is -0.507 e. The van der Waals surface area contributed by atoms with Gasteiger partial charge in [-0.2, -0.15) is 5.10 Å². The van der Waals surface area contributed by atoms with Gasteiger partial charge in [0.1, 0.15) is 5.75 Å². The normalized spacial score (nSPS) is 11.2. The number of phenols is 1. The van der Waals surface area contributed by atoms with E-state index < -0.39 is 5.91 Å². The number of hydrazone groups is 1. The van der Waals surface area contributed by atoms with Crippen LogP contribution in [0.5, 0.6) is 5.75 Å². The summed E-state index contributed by atoms with van der Waals surface area (Å²) < 4.78 is 2.00. The second-order valence-corrected chi connectivity index (χ2v) is 6.51. The van der Waals surface area contributed by atoms with Crippen LogP contribution in [0.25, 0.3) is 16.5 Å². The fourth-order valence-electron chi connectivity index (χ4n) is 3.18. The topological polar surface area (TPSA) is 66.6 Å². The Balaban J connectivity index is 1.55. The minimum atomic E-state index is -0.464. The van der Waals surface area contributed by atoms with Gasteiger partial charge in [-0.15, -0.1) is 0 Å². The van der Waals surface area contributed by atoms with Gasteiger partial charge >= 0.3 is 0 Å². The van der Waals surface area contributed by atoms with Gasteiger partial charge in [-0.25, -0.2) is 5.43 Å². The van der Waals surface area contributed by atoms with E-state index in [4.69, 9.17) is 0 Å². The van der Waals surface area contributed by atoms with Gasteiger partial charge in [-0.05, 0) is 53.6 Å². The summed E-state index contributed by atoms with van der Waals surface area (Å²) in [7, 11) is 0. The van der Waals surface area contributed by atoms with Crippen LogP contribution in [0.4, 0.5) is 0 Å². The number of benzene rings is 3. The summed E-state index contributed by atoms with van der Waals surface area (Å²) in [6, 6.07) is 22.7. The second kappa shape index (κ2) is 7.40. The molecular weight excluding hydrogens is 350 g/mol. The first-order valence-electron chi connectivity index (χ1n) is 8.92. The van der Waals surface area contributed by atoms with Crippen LogP contribution >= 0.6 is 0 Å². The third-order valence-corrected chi connectivity index (χ3v) is 4.63. The molecule has 28 heavy (non-hydrogen) atoms. The lowest BCUT2D eigenvalue weighted by molar-refractivity contribution is 0.0952. The molecule has 1 heterocycles. The highest BCUT2D eigenvalue weighted by Crippen LogP contribution is 2.24. The molecule has 0 radical (unpaired) electrons. The molecule has 0 aliphatic heterocycles. The minimum absolute atomic E-state index is 0.0744. The van der Waals surface area contributed by atoms with Crippen molar-refractivity contribution in [2.75, 3.05) is 0 Å². The van der Waals surface area contributed by atoms with Gasteiger partial charge in [-0.1, -0.05) is 42.5 Å². The zero-order chi connectivity index (χ0) is 19.5. The molecule has 3 aromatic carbocycles. The van der Waals surface area contributed by atoms with Crippen molar-refractivity contribution >= 4 is 22.9 Å². The quantitative estimate of drug-likeness (QED) is 0.413. The largest absolute Gasteiger partial charge is 0.507 e. The monoisotopic (exact) mass is 369 g/mol. The van der Waals surface area contributed by atoms with Gasteiger partial charge in [0.05, 0.1) is 17.5 Å². The van der Waals surface area contributed by atoms with Crippen LogP contribution in [0, 0.1) is 6.92 Å². The first kappa shape index (κ1) is 17.5. The SMILES string of the molecule is Cc1ccccc1-n1cccc1C=NNC(=O)c1cc2ccccc2cc1O. The molecule has 138 valence electrons. The van der Waals surface area contributed by atoms with Crippen molar-refractivity contribution in [2.45, 2.75) is 6.92 Å². The number of carbonyl (C=O) groups is 1. The molecule has 0 aliphatic carbocycles. The Kier molecular flexibility index (Phi) is 4.64. The highest BCUT2D eigenvalue weighted by molar-refractivity contribution is 6.01. The summed E-state index contributed by atoms with van der Waals surface area (Å²) in [6.45, 7) is 2.04. The Morgan fingerprint density at radius 1 is 1.00 bits per heavy atom. The number of aromatic nitrogens is 1. The molecule has 2 N–H and O–H groups in total. The summed E-state index contributed by atoms with van der Waals surface area (Å²) in [5.41, 5.74) is 5.70. The van der Waals surface area contributed by atoms with Crippen LogP contribution in [0.3, 0.4) is 0 Å². The predicted molar refractivity (Wildman–Crippen MR) is 111 cm³/mol. The number of amides is 1. The number of aryl methyl sites for hydroxylation is 1. The molecule has 0 atom stereocenters. The van der Waals surface area contributed by atoms with Crippen LogP contribution in [-0.4, -0.2) is 21.8 Å². The summed E-state index contributed by atoms with van der Waals surface area (Å²) >= 11 is 0. The predicted octanol–water partition coefficient (Wildman–Crippen LogP) is 4.41. The second-order valence-electron chi connectivity index (χ2n) is 6.51. The summed E-state index contributed by atoms with van der Waals surface area (Å²) in [5, 5.41) is 16.0. The lowest BCUT2D eigenvalue weighted by atomic mass is 10.1. The lowest BCUT2D eigenvalue weighted by Gasteiger charge is -2.09. The molecule has 0 fully saturated rings. The Bertz CT molecular complexity index is 1190. The molecule has 0 unspecified atom stereocenters. The standard InChI is InChI=1S/C23H19N3O2/c1-16-7-2-5-11-21(16)26-12-6-10-19(26)15-24-25-23(28)20-13-17-8-3-4-9-18(17)14-22(20)27/h2-15,27H,1H3,(H,25,28). The van der Waals surface area contributed by atoms with Crippen LogP contribution < -0.4 is 5.43 Å². The van der Waals surface area contributed by atoms with E-state index in [1.54, 1.807) is 18.3 Å². The van der Waals surface area contributed by atoms with Crippen LogP contribution in [0.2, 0.25) is 0 Å². The maximum absolute atomic E-state index is 12.5. The molecular formula is C23H19N3O2. The van der Waals surface area contributed by atoms with E-state index in [0.29, 0.717) is 0 Å². The molecule has 0 spiro atoms. The molecule has 0 saturated heterocycles. The fourth-order valence-corrected chi connectivity index (χ4v) is 3.18. The molecule has 0 bridgehead atoms. The average Bonchev–Trinajstić information content (AvgIpc) is 3.16. The zero-order valence-corrected chi connectivity index (χ0v) is 15.3. The van der Waals surface area contributed by atoms with Gasteiger partial charge in [0.2, 0.25) is 0 Å². The first-order chi connectivity index (χ1) is 13.6. The van der Waals surface area contributed by atoms with Crippen molar-refractivity contribution in [3.63, 3.8) is 0 Å². The number of aromatic hydroxyl groups is 1. The number of hydrogen-bond donors (Lipinski definition) is 2. The number of fused-ring (bicyclic) bond motifs is 1.